The standard InChI is InChI=1S/C20H30ClN3O4S/c1-14(2)12-18(23-19(25)16-4-6-17(21)7-5-16)20(26)22-13-15-8-10-24(11-9-15)29(3,27)28/h4-7,14-15,18H,8-13H2,1-3H3,(H,22,26)(H,23,25). The number of carbonyl (C=O) groups excluding carboxylic acids is 2. The Morgan fingerprint density at radius 2 is 1.76 bits per heavy atom. The fraction of sp³-hybridized carbons (Fsp3) is 0.600. The van der Waals surface area contributed by atoms with Crippen molar-refractivity contribution in [1.82, 2.24) is 14.9 Å². The van der Waals surface area contributed by atoms with Crippen LogP contribution in [0.2, 0.25) is 5.02 Å². The molecule has 1 fully saturated rings. The first kappa shape index (κ1) is 23.6. The van der Waals surface area contributed by atoms with Gasteiger partial charge in [0.15, 0.2) is 0 Å². The van der Waals surface area contributed by atoms with Crippen molar-refractivity contribution in [1.29, 1.82) is 0 Å². The number of hydrogen-bond donors (Lipinski definition) is 2. The van der Waals surface area contributed by atoms with Gasteiger partial charge in [-0.25, -0.2) is 12.7 Å². The molecule has 0 bridgehead atoms. The Morgan fingerprint density at radius 3 is 2.28 bits per heavy atom. The second-order valence-corrected chi connectivity index (χ2v) is 10.4. The topological polar surface area (TPSA) is 95.6 Å². The van der Waals surface area contributed by atoms with Gasteiger partial charge in [-0.3, -0.25) is 9.59 Å². The van der Waals surface area contributed by atoms with Gasteiger partial charge in [-0.2, -0.15) is 0 Å². The molecular weight excluding hydrogens is 414 g/mol. The number of hydrogen-bond acceptors (Lipinski definition) is 4. The van der Waals surface area contributed by atoms with E-state index in [0.717, 1.165) is 0 Å². The van der Waals surface area contributed by atoms with Gasteiger partial charge in [-0.05, 0) is 55.4 Å². The van der Waals surface area contributed by atoms with E-state index in [0.29, 0.717) is 49.5 Å². The molecule has 2 N–H and O–H groups in total. The molecule has 0 radical (unpaired) electrons. The summed E-state index contributed by atoms with van der Waals surface area (Å²) in [5.74, 6) is -0.0756. The molecule has 1 aromatic carbocycles. The van der Waals surface area contributed by atoms with Crippen molar-refractivity contribution in [3.05, 3.63) is 34.9 Å². The van der Waals surface area contributed by atoms with Gasteiger partial charge in [0.25, 0.3) is 5.91 Å². The lowest BCUT2D eigenvalue weighted by atomic mass is 9.97. The molecule has 9 heteroatoms. The van der Waals surface area contributed by atoms with Crippen LogP contribution in [0.1, 0.15) is 43.5 Å². The van der Waals surface area contributed by atoms with Crippen molar-refractivity contribution in [2.75, 3.05) is 25.9 Å². The van der Waals surface area contributed by atoms with Crippen LogP contribution in [0.15, 0.2) is 24.3 Å². The smallest absolute Gasteiger partial charge is 0.251 e. The van der Waals surface area contributed by atoms with E-state index in [1.807, 2.05) is 13.8 Å². The van der Waals surface area contributed by atoms with E-state index in [9.17, 15) is 18.0 Å². The summed E-state index contributed by atoms with van der Waals surface area (Å²) >= 11 is 5.86. The Kier molecular flexibility index (Phi) is 8.48. The quantitative estimate of drug-likeness (QED) is 0.644. The normalized spacial score (nSPS) is 17.1. The first-order valence-electron chi connectivity index (χ1n) is 9.85. The van der Waals surface area contributed by atoms with Crippen molar-refractivity contribution < 1.29 is 18.0 Å². The van der Waals surface area contributed by atoms with E-state index in [2.05, 4.69) is 10.6 Å². The lowest BCUT2D eigenvalue weighted by Gasteiger charge is -2.30. The van der Waals surface area contributed by atoms with Crippen molar-refractivity contribution in [3.8, 4) is 0 Å². The fourth-order valence-electron chi connectivity index (χ4n) is 3.36. The van der Waals surface area contributed by atoms with Crippen LogP contribution in [0.5, 0.6) is 0 Å². The van der Waals surface area contributed by atoms with Crippen LogP contribution in [0.4, 0.5) is 0 Å². The second kappa shape index (κ2) is 10.4. The maximum Gasteiger partial charge on any atom is 0.251 e. The summed E-state index contributed by atoms with van der Waals surface area (Å²) in [6.45, 7) is 5.41. The third kappa shape index (κ3) is 7.60. The van der Waals surface area contributed by atoms with Crippen molar-refractivity contribution in [2.24, 2.45) is 11.8 Å². The summed E-state index contributed by atoms with van der Waals surface area (Å²) in [6.07, 6.45) is 3.16. The van der Waals surface area contributed by atoms with E-state index < -0.39 is 16.1 Å². The van der Waals surface area contributed by atoms with Crippen LogP contribution in [0.25, 0.3) is 0 Å². The number of benzene rings is 1. The number of piperidine rings is 1. The molecule has 0 aromatic heterocycles. The average molecular weight is 444 g/mol. The number of sulfonamides is 1. The summed E-state index contributed by atoms with van der Waals surface area (Å²) in [5, 5.41) is 6.29. The molecule has 1 aromatic rings. The Labute approximate surface area is 178 Å². The highest BCUT2D eigenvalue weighted by atomic mass is 35.5. The predicted octanol–water partition coefficient (Wildman–Crippen LogP) is 2.27. The monoisotopic (exact) mass is 443 g/mol. The maximum atomic E-state index is 12.7. The zero-order valence-electron chi connectivity index (χ0n) is 17.2. The van der Waals surface area contributed by atoms with Gasteiger partial charge in [0.05, 0.1) is 6.26 Å². The molecule has 2 amide bonds. The maximum absolute atomic E-state index is 12.7. The van der Waals surface area contributed by atoms with Crippen LogP contribution in [0.3, 0.4) is 0 Å². The third-order valence-electron chi connectivity index (χ3n) is 5.04. The summed E-state index contributed by atoms with van der Waals surface area (Å²) in [7, 11) is -3.16. The molecule has 1 saturated heterocycles. The lowest BCUT2D eigenvalue weighted by Crippen LogP contribution is -2.49. The molecule has 7 nitrogen and oxygen atoms in total. The Hall–Kier alpha value is -1.64. The van der Waals surface area contributed by atoms with Gasteiger partial charge in [0.1, 0.15) is 6.04 Å². The lowest BCUT2D eigenvalue weighted by molar-refractivity contribution is -0.123. The molecule has 29 heavy (non-hydrogen) atoms. The number of rotatable bonds is 8. The predicted molar refractivity (Wildman–Crippen MR) is 114 cm³/mol. The van der Waals surface area contributed by atoms with Crippen LogP contribution >= 0.6 is 11.6 Å². The number of carbonyl (C=O) groups is 2. The van der Waals surface area contributed by atoms with E-state index >= 15 is 0 Å². The molecule has 1 atom stereocenters. The SMILES string of the molecule is CC(C)CC(NC(=O)c1ccc(Cl)cc1)C(=O)NCC1CCN(S(C)(=O)=O)CC1. The van der Waals surface area contributed by atoms with Crippen molar-refractivity contribution >= 4 is 33.4 Å². The van der Waals surface area contributed by atoms with E-state index in [1.165, 1.54) is 10.6 Å². The largest absolute Gasteiger partial charge is 0.354 e. The van der Waals surface area contributed by atoms with Crippen LogP contribution in [-0.2, 0) is 14.8 Å². The van der Waals surface area contributed by atoms with Gasteiger partial charge >= 0.3 is 0 Å². The molecule has 1 aliphatic heterocycles. The molecule has 1 aliphatic rings. The molecule has 1 unspecified atom stereocenters. The van der Waals surface area contributed by atoms with Crippen LogP contribution < -0.4 is 10.6 Å². The van der Waals surface area contributed by atoms with E-state index in [-0.39, 0.29) is 23.7 Å². The van der Waals surface area contributed by atoms with Crippen molar-refractivity contribution in [2.45, 2.75) is 39.2 Å². The first-order chi connectivity index (χ1) is 13.6. The highest BCUT2D eigenvalue weighted by molar-refractivity contribution is 7.88. The highest BCUT2D eigenvalue weighted by Crippen LogP contribution is 2.18. The second-order valence-electron chi connectivity index (χ2n) is 8.01. The molecule has 0 saturated carbocycles. The van der Waals surface area contributed by atoms with Crippen molar-refractivity contribution in [3.63, 3.8) is 0 Å². The van der Waals surface area contributed by atoms with Crippen LogP contribution in [-0.4, -0.2) is 56.5 Å². The average Bonchev–Trinajstić information content (AvgIpc) is 2.65. The highest BCUT2D eigenvalue weighted by Gasteiger charge is 2.27. The van der Waals surface area contributed by atoms with Gasteiger partial charge < -0.3 is 10.6 Å². The molecule has 162 valence electrons. The summed E-state index contributed by atoms with van der Waals surface area (Å²) in [4.78, 5) is 25.2. The number of halogens is 1. The Morgan fingerprint density at radius 1 is 1.17 bits per heavy atom. The Balaban J connectivity index is 1.90. The number of amides is 2. The summed E-state index contributed by atoms with van der Waals surface area (Å²) in [5.41, 5.74) is 0.448. The van der Waals surface area contributed by atoms with Gasteiger partial charge in [-0.1, -0.05) is 25.4 Å². The number of nitrogens with zero attached hydrogens (tertiary/aromatic N) is 1. The third-order valence-corrected chi connectivity index (χ3v) is 6.60. The minimum Gasteiger partial charge on any atom is -0.354 e. The first-order valence-corrected chi connectivity index (χ1v) is 12.1. The van der Waals surface area contributed by atoms with Crippen LogP contribution in [0, 0.1) is 11.8 Å². The summed E-state index contributed by atoms with van der Waals surface area (Å²) in [6, 6.07) is 5.89. The zero-order valence-corrected chi connectivity index (χ0v) is 18.7. The Bertz CT molecular complexity index is 804. The number of nitrogens with one attached hydrogen (secondary N) is 2. The van der Waals surface area contributed by atoms with Gasteiger partial charge in [-0.15, -0.1) is 0 Å². The van der Waals surface area contributed by atoms with Gasteiger partial charge in [0.2, 0.25) is 15.9 Å². The fourth-order valence-corrected chi connectivity index (χ4v) is 4.36. The minimum atomic E-state index is -3.16. The minimum absolute atomic E-state index is 0.216. The molecule has 0 spiro atoms. The zero-order chi connectivity index (χ0) is 21.6. The summed E-state index contributed by atoms with van der Waals surface area (Å²) < 4.78 is 24.7. The molecule has 1 heterocycles. The van der Waals surface area contributed by atoms with E-state index in [4.69, 9.17) is 11.6 Å². The van der Waals surface area contributed by atoms with E-state index in [1.54, 1.807) is 24.3 Å². The molecule has 0 aliphatic carbocycles. The molecule has 2 rings (SSSR count). The van der Waals surface area contributed by atoms with Gasteiger partial charge in [0, 0.05) is 30.2 Å². The molecular formula is C20H30ClN3O4S.